The molecule has 1 N–H and O–H groups in total. The van der Waals surface area contributed by atoms with Gasteiger partial charge in [0.2, 0.25) is 0 Å². The first-order valence-electron chi connectivity index (χ1n) is 7.88. The van der Waals surface area contributed by atoms with Crippen molar-refractivity contribution in [2.75, 3.05) is 6.54 Å². The average molecular weight is 275 g/mol. The lowest BCUT2D eigenvalue weighted by atomic mass is 9.61. The van der Waals surface area contributed by atoms with E-state index < -0.39 is 0 Å². The standard InChI is InChI=1S/C17H29N3/c1-16(2)12-15(20-11-7-10-19)13-17(3,14-16)8-5-4-6-9-18/h15,20H,4-8,11-14H2,1-3H3. The van der Waals surface area contributed by atoms with Crippen molar-refractivity contribution in [3.05, 3.63) is 0 Å². The Morgan fingerprint density at radius 3 is 2.40 bits per heavy atom. The molecule has 1 aliphatic rings. The lowest BCUT2D eigenvalue weighted by Crippen LogP contribution is -2.45. The van der Waals surface area contributed by atoms with Crippen LogP contribution in [0.15, 0.2) is 0 Å². The highest BCUT2D eigenvalue weighted by Gasteiger charge is 2.40. The third-order valence-corrected chi connectivity index (χ3v) is 4.43. The Hall–Kier alpha value is -1.06. The van der Waals surface area contributed by atoms with Crippen molar-refractivity contribution in [3.63, 3.8) is 0 Å². The maximum Gasteiger partial charge on any atom is 0.0635 e. The van der Waals surface area contributed by atoms with Crippen molar-refractivity contribution in [1.82, 2.24) is 5.32 Å². The Labute approximate surface area is 124 Å². The molecule has 0 amide bonds. The molecular formula is C17H29N3. The van der Waals surface area contributed by atoms with Crippen LogP contribution in [0.1, 0.15) is 72.1 Å². The monoisotopic (exact) mass is 275 g/mol. The van der Waals surface area contributed by atoms with E-state index in [2.05, 4.69) is 38.2 Å². The SMILES string of the molecule is CC1(C)CC(NCCC#N)CC(C)(CCCCC#N)C1. The van der Waals surface area contributed by atoms with E-state index in [-0.39, 0.29) is 0 Å². The number of unbranched alkanes of at least 4 members (excludes halogenated alkanes) is 2. The normalized spacial score (nSPS) is 28.6. The van der Waals surface area contributed by atoms with Gasteiger partial charge < -0.3 is 5.32 Å². The third kappa shape index (κ3) is 5.93. The molecule has 0 aliphatic heterocycles. The van der Waals surface area contributed by atoms with Gasteiger partial charge in [0.05, 0.1) is 12.1 Å². The summed E-state index contributed by atoms with van der Waals surface area (Å²) in [5.74, 6) is 0. The van der Waals surface area contributed by atoms with E-state index in [0.717, 1.165) is 19.4 Å². The maximum atomic E-state index is 8.65. The summed E-state index contributed by atoms with van der Waals surface area (Å²) in [5, 5.41) is 20.8. The molecule has 0 radical (unpaired) electrons. The zero-order chi connectivity index (χ0) is 15.1. The van der Waals surface area contributed by atoms with Gasteiger partial charge in [-0.15, -0.1) is 0 Å². The van der Waals surface area contributed by atoms with Crippen LogP contribution in [0.2, 0.25) is 0 Å². The molecule has 0 aromatic heterocycles. The molecule has 3 heteroatoms. The second-order valence-corrected chi connectivity index (χ2v) is 7.48. The van der Waals surface area contributed by atoms with E-state index in [0.29, 0.717) is 29.7 Å². The van der Waals surface area contributed by atoms with Crippen LogP contribution >= 0.6 is 0 Å². The zero-order valence-electron chi connectivity index (χ0n) is 13.3. The molecule has 2 unspecified atom stereocenters. The number of hydrogen-bond donors (Lipinski definition) is 1. The molecule has 0 heterocycles. The van der Waals surface area contributed by atoms with Crippen molar-refractivity contribution in [2.45, 2.75) is 78.2 Å². The summed E-state index contributed by atoms with van der Waals surface area (Å²) in [7, 11) is 0. The van der Waals surface area contributed by atoms with Crippen molar-refractivity contribution in [2.24, 2.45) is 10.8 Å². The fraction of sp³-hybridized carbons (Fsp3) is 0.882. The predicted molar refractivity (Wildman–Crippen MR) is 81.8 cm³/mol. The molecule has 0 saturated heterocycles. The summed E-state index contributed by atoms with van der Waals surface area (Å²) in [6.45, 7) is 7.93. The second-order valence-electron chi connectivity index (χ2n) is 7.48. The summed E-state index contributed by atoms with van der Waals surface area (Å²) in [6, 6.07) is 4.97. The minimum Gasteiger partial charge on any atom is -0.313 e. The van der Waals surface area contributed by atoms with Gasteiger partial charge in [-0.3, -0.25) is 0 Å². The first-order valence-corrected chi connectivity index (χ1v) is 7.88. The van der Waals surface area contributed by atoms with Crippen LogP contribution in [0.25, 0.3) is 0 Å². The highest BCUT2D eigenvalue weighted by molar-refractivity contribution is 4.94. The molecule has 20 heavy (non-hydrogen) atoms. The topological polar surface area (TPSA) is 59.6 Å². The van der Waals surface area contributed by atoms with E-state index in [1.54, 1.807) is 0 Å². The number of nitrogens with zero attached hydrogens (tertiary/aromatic N) is 2. The summed E-state index contributed by atoms with van der Waals surface area (Å²) in [5.41, 5.74) is 0.744. The number of nitrogens with one attached hydrogen (secondary N) is 1. The Kier molecular flexibility index (Phi) is 6.50. The Bertz CT molecular complexity index is 375. The summed E-state index contributed by atoms with van der Waals surface area (Å²) < 4.78 is 0. The van der Waals surface area contributed by atoms with E-state index in [1.165, 1.54) is 25.7 Å². The second kappa shape index (κ2) is 7.65. The van der Waals surface area contributed by atoms with Gasteiger partial charge in [0, 0.05) is 25.4 Å². The van der Waals surface area contributed by atoms with Crippen LogP contribution in [0.4, 0.5) is 0 Å². The molecule has 0 aromatic carbocycles. The highest BCUT2D eigenvalue weighted by atomic mass is 14.9. The Balaban J connectivity index is 2.52. The lowest BCUT2D eigenvalue weighted by molar-refractivity contribution is 0.0622. The van der Waals surface area contributed by atoms with Gasteiger partial charge in [-0.25, -0.2) is 0 Å². The van der Waals surface area contributed by atoms with Crippen LogP contribution < -0.4 is 5.32 Å². The molecule has 3 nitrogen and oxygen atoms in total. The van der Waals surface area contributed by atoms with Crippen LogP contribution in [-0.2, 0) is 0 Å². The first-order chi connectivity index (χ1) is 9.41. The predicted octanol–water partition coefficient (Wildman–Crippen LogP) is 4.16. The van der Waals surface area contributed by atoms with Crippen molar-refractivity contribution < 1.29 is 0 Å². The molecule has 112 valence electrons. The number of nitriles is 2. The van der Waals surface area contributed by atoms with Gasteiger partial charge in [0.25, 0.3) is 0 Å². The van der Waals surface area contributed by atoms with Crippen LogP contribution in [0.3, 0.4) is 0 Å². The largest absolute Gasteiger partial charge is 0.313 e. The summed E-state index contributed by atoms with van der Waals surface area (Å²) >= 11 is 0. The first kappa shape index (κ1) is 17.0. The molecular weight excluding hydrogens is 246 g/mol. The van der Waals surface area contributed by atoms with Crippen molar-refractivity contribution >= 4 is 0 Å². The smallest absolute Gasteiger partial charge is 0.0635 e. The molecule has 2 atom stereocenters. The van der Waals surface area contributed by atoms with E-state index in [9.17, 15) is 0 Å². The van der Waals surface area contributed by atoms with Gasteiger partial charge in [-0.1, -0.05) is 27.2 Å². The number of rotatable bonds is 7. The highest BCUT2D eigenvalue weighted by Crippen LogP contribution is 2.48. The van der Waals surface area contributed by atoms with E-state index >= 15 is 0 Å². The van der Waals surface area contributed by atoms with Crippen LogP contribution in [-0.4, -0.2) is 12.6 Å². The summed E-state index contributed by atoms with van der Waals surface area (Å²) in [4.78, 5) is 0. The van der Waals surface area contributed by atoms with E-state index in [4.69, 9.17) is 10.5 Å². The van der Waals surface area contributed by atoms with E-state index in [1.807, 2.05) is 0 Å². The van der Waals surface area contributed by atoms with Crippen LogP contribution in [0.5, 0.6) is 0 Å². The fourth-order valence-electron chi connectivity index (χ4n) is 4.06. The van der Waals surface area contributed by atoms with Gasteiger partial charge in [0.15, 0.2) is 0 Å². The molecule has 1 aliphatic carbocycles. The molecule has 1 fully saturated rings. The van der Waals surface area contributed by atoms with Gasteiger partial charge in [-0.2, -0.15) is 10.5 Å². The Morgan fingerprint density at radius 1 is 1.05 bits per heavy atom. The van der Waals surface area contributed by atoms with Gasteiger partial charge in [-0.05, 0) is 42.9 Å². The van der Waals surface area contributed by atoms with Gasteiger partial charge in [0.1, 0.15) is 0 Å². The lowest BCUT2D eigenvalue weighted by Gasteiger charge is -2.47. The zero-order valence-corrected chi connectivity index (χ0v) is 13.3. The minimum atomic E-state index is 0.368. The number of hydrogen-bond acceptors (Lipinski definition) is 3. The van der Waals surface area contributed by atoms with Gasteiger partial charge >= 0.3 is 0 Å². The molecule has 0 spiro atoms. The molecule has 1 rings (SSSR count). The van der Waals surface area contributed by atoms with Crippen molar-refractivity contribution in [1.29, 1.82) is 10.5 Å². The average Bonchev–Trinajstić information content (AvgIpc) is 2.33. The minimum absolute atomic E-state index is 0.368. The third-order valence-electron chi connectivity index (χ3n) is 4.43. The molecule has 0 bridgehead atoms. The van der Waals surface area contributed by atoms with Crippen molar-refractivity contribution in [3.8, 4) is 12.1 Å². The molecule has 1 saturated carbocycles. The Morgan fingerprint density at radius 2 is 1.75 bits per heavy atom. The molecule has 0 aromatic rings. The van der Waals surface area contributed by atoms with Crippen LogP contribution in [0, 0.1) is 33.5 Å². The quantitative estimate of drug-likeness (QED) is 0.710. The fourth-order valence-corrected chi connectivity index (χ4v) is 4.06. The summed E-state index contributed by atoms with van der Waals surface area (Å²) in [6.07, 6.45) is 8.35. The maximum absolute atomic E-state index is 8.65.